The van der Waals surface area contributed by atoms with Crippen LogP contribution in [0, 0.1) is 0 Å². The number of anilines is 4. The van der Waals surface area contributed by atoms with E-state index < -0.39 is 10.8 Å². The molecule has 0 bridgehead atoms. The van der Waals surface area contributed by atoms with E-state index in [1.807, 2.05) is 36.4 Å². The number of aromatic nitrogens is 5. The minimum atomic E-state index is -3.38. The summed E-state index contributed by atoms with van der Waals surface area (Å²) in [6, 6.07) is 16.4. The van der Waals surface area contributed by atoms with Crippen LogP contribution in [-0.4, -0.2) is 67.4 Å². The maximum Gasteiger partial charge on any atom is 0.227 e. The van der Waals surface area contributed by atoms with Gasteiger partial charge in [-0.25, -0.2) is 24.9 Å². The van der Waals surface area contributed by atoms with Gasteiger partial charge in [0.1, 0.15) is 5.82 Å². The number of nitrogens with zero attached hydrogens (tertiary/aromatic N) is 6. The second-order valence-corrected chi connectivity index (χ2v) is 13.4. The smallest absolute Gasteiger partial charge is 0.227 e. The van der Waals surface area contributed by atoms with Crippen LogP contribution in [0.25, 0.3) is 21.8 Å². The third-order valence-electron chi connectivity index (χ3n) is 7.01. The predicted octanol–water partition coefficient (Wildman–Crippen LogP) is 6.91. The van der Waals surface area contributed by atoms with Gasteiger partial charge in [0.25, 0.3) is 0 Å². The Kier molecular flexibility index (Phi) is 9.09. The zero-order valence-electron chi connectivity index (χ0n) is 25.0. The number of nitrogens with one attached hydrogen (secondary N) is 2. The van der Waals surface area contributed by atoms with Crippen molar-refractivity contribution in [2.45, 2.75) is 24.7 Å². The third-order valence-corrected chi connectivity index (χ3v) is 9.81. The van der Waals surface area contributed by atoms with Gasteiger partial charge in [-0.15, -0.1) is 11.3 Å². The van der Waals surface area contributed by atoms with Crippen LogP contribution in [0.15, 0.2) is 78.1 Å². The molecule has 6 rings (SSSR count). The van der Waals surface area contributed by atoms with Crippen LogP contribution in [0.2, 0.25) is 0 Å². The zero-order chi connectivity index (χ0) is 31.4. The normalized spacial score (nSPS) is 14.0. The molecule has 4 N–H and O–H groups in total. The molecule has 0 atom stereocenters. The van der Waals surface area contributed by atoms with Crippen LogP contribution in [0.3, 0.4) is 0 Å². The van der Waals surface area contributed by atoms with Crippen molar-refractivity contribution in [3.05, 3.63) is 78.2 Å². The Morgan fingerprint density at radius 2 is 1.80 bits per heavy atom. The number of thiazole rings is 1. The maximum atomic E-state index is 10.9. The molecule has 1 saturated heterocycles. The van der Waals surface area contributed by atoms with Crippen LogP contribution in [-0.2, 0) is 4.74 Å². The van der Waals surface area contributed by atoms with Crippen molar-refractivity contribution in [3.63, 3.8) is 0 Å². The van der Waals surface area contributed by atoms with E-state index in [0.29, 0.717) is 30.7 Å². The second-order valence-electron chi connectivity index (χ2n) is 10.5. The summed E-state index contributed by atoms with van der Waals surface area (Å²) in [5.41, 5.74) is 3.57. The molecule has 1 aromatic carbocycles. The van der Waals surface area contributed by atoms with Gasteiger partial charge in [-0.3, -0.25) is 13.8 Å². The Hall–Kier alpha value is -4.34. The SMILES string of the molecule is COc1ccc(S(O)(O)Nc2cccc(-c3nc(C(C)C)sc3-c3ccnc(Nc4ccc(N5CCOCC5)nc4)n3)c2)cn1. The van der Waals surface area contributed by atoms with Crippen molar-refractivity contribution in [1.29, 1.82) is 0 Å². The van der Waals surface area contributed by atoms with Crippen molar-refractivity contribution in [3.8, 4) is 27.7 Å². The summed E-state index contributed by atoms with van der Waals surface area (Å²) >= 11 is 1.58. The van der Waals surface area contributed by atoms with Crippen LogP contribution in [0.5, 0.6) is 5.88 Å². The fraction of sp³-hybridized carbons (Fsp3) is 0.258. The number of benzene rings is 1. The molecule has 1 fully saturated rings. The lowest BCUT2D eigenvalue weighted by Crippen LogP contribution is -2.36. The Labute approximate surface area is 267 Å². The molecule has 0 spiro atoms. The van der Waals surface area contributed by atoms with E-state index >= 15 is 0 Å². The molecule has 0 aliphatic carbocycles. The summed E-state index contributed by atoms with van der Waals surface area (Å²) in [5.74, 6) is 1.94. The molecule has 234 valence electrons. The van der Waals surface area contributed by atoms with Gasteiger partial charge in [-0.05, 0) is 36.4 Å². The average Bonchev–Trinajstić information content (AvgIpc) is 3.52. The highest BCUT2D eigenvalue weighted by molar-refractivity contribution is 8.25. The lowest BCUT2D eigenvalue weighted by molar-refractivity contribution is 0.122. The van der Waals surface area contributed by atoms with Crippen molar-refractivity contribution in [2.75, 3.05) is 48.4 Å². The number of hydrogen-bond acceptors (Lipinski definition) is 13. The van der Waals surface area contributed by atoms with Crippen molar-refractivity contribution in [2.24, 2.45) is 0 Å². The van der Waals surface area contributed by atoms with Crippen molar-refractivity contribution < 1.29 is 18.6 Å². The molecule has 14 heteroatoms. The van der Waals surface area contributed by atoms with Gasteiger partial charge in [0, 0.05) is 36.8 Å². The Balaban J connectivity index is 1.26. The maximum absolute atomic E-state index is 10.9. The molecular weight excluding hydrogens is 613 g/mol. The highest BCUT2D eigenvalue weighted by Crippen LogP contribution is 2.48. The third kappa shape index (κ3) is 7.16. The molecular formula is C31H34N8O4S2. The first-order valence-electron chi connectivity index (χ1n) is 14.4. The molecule has 1 aliphatic rings. The lowest BCUT2D eigenvalue weighted by atomic mass is 10.1. The van der Waals surface area contributed by atoms with E-state index in [1.165, 1.54) is 13.3 Å². The fourth-order valence-corrected chi connectivity index (χ4v) is 6.77. The van der Waals surface area contributed by atoms with E-state index in [9.17, 15) is 9.11 Å². The number of rotatable bonds is 10. The van der Waals surface area contributed by atoms with Gasteiger partial charge in [-0.2, -0.15) is 0 Å². The molecule has 0 saturated carbocycles. The van der Waals surface area contributed by atoms with E-state index in [-0.39, 0.29) is 10.8 Å². The van der Waals surface area contributed by atoms with Gasteiger partial charge < -0.3 is 19.7 Å². The average molecular weight is 647 g/mol. The predicted molar refractivity (Wildman–Crippen MR) is 179 cm³/mol. The van der Waals surface area contributed by atoms with Gasteiger partial charge in [0.2, 0.25) is 11.8 Å². The largest absolute Gasteiger partial charge is 0.481 e. The van der Waals surface area contributed by atoms with Crippen LogP contribution in [0.1, 0.15) is 24.8 Å². The zero-order valence-corrected chi connectivity index (χ0v) is 26.7. The summed E-state index contributed by atoms with van der Waals surface area (Å²) < 4.78 is 35.2. The quantitative estimate of drug-likeness (QED) is 0.125. The van der Waals surface area contributed by atoms with E-state index in [1.54, 1.807) is 41.9 Å². The van der Waals surface area contributed by atoms with E-state index in [0.717, 1.165) is 51.4 Å². The summed E-state index contributed by atoms with van der Waals surface area (Å²) in [7, 11) is -1.88. The van der Waals surface area contributed by atoms with Gasteiger partial charge in [0.15, 0.2) is 0 Å². The van der Waals surface area contributed by atoms with Crippen molar-refractivity contribution in [1.82, 2.24) is 24.9 Å². The summed E-state index contributed by atoms with van der Waals surface area (Å²) in [5, 5.41) is 4.23. The van der Waals surface area contributed by atoms with Gasteiger partial charge in [0.05, 0.1) is 70.3 Å². The minimum absolute atomic E-state index is 0.203. The van der Waals surface area contributed by atoms with Crippen LogP contribution in [0.4, 0.5) is 23.1 Å². The molecule has 0 amide bonds. The summed E-state index contributed by atoms with van der Waals surface area (Å²) in [6.07, 6.45) is 4.88. The van der Waals surface area contributed by atoms with E-state index in [4.69, 9.17) is 19.4 Å². The number of methoxy groups -OCH3 is 1. The highest BCUT2D eigenvalue weighted by Gasteiger charge is 2.21. The molecule has 5 heterocycles. The Bertz CT molecular complexity index is 1740. The molecule has 5 aromatic rings. The molecule has 1 aliphatic heterocycles. The Morgan fingerprint density at radius 3 is 2.51 bits per heavy atom. The lowest BCUT2D eigenvalue weighted by Gasteiger charge is -2.33. The molecule has 4 aromatic heterocycles. The number of ether oxygens (including phenoxy) is 2. The number of morpholine rings is 1. The minimum Gasteiger partial charge on any atom is -0.481 e. The first-order chi connectivity index (χ1) is 21.8. The Morgan fingerprint density at radius 1 is 0.956 bits per heavy atom. The van der Waals surface area contributed by atoms with E-state index in [2.05, 4.69) is 43.7 Å². The first-order valence-corrected chi connectivity index (χ1v) is 16.7. The van der Waals surface area contributed by atoms with Gasteiger partial charge in [-0.1, -0.05) is 36.8 Å². The second kappa shape index (κ2) is 13.3. The molecule has 45 heavy (non-hydrogen) atoms. The monoisotopic (exact) mass is 646 g/mol. The van der Waals surface area contributed by atoms with Crippen LogP contribution < -0.4 is 19.7 Å². The molecule has 0 unspecified atom stereocenters. The molecule has 0 radical (unpaired) electrons. The number of pyridine rings is 2. The van der Waals surface area contributed by atoms with Crippen molar-refractivity contribution >= 4 is 45.3 Å². The topological polar surface area (TPSA) is 151 Å². The summed E-state index contributed by atoms with van der Waals surface area (Å²) in [4.78, 5) is 26.3. The standard InChI is InChI=1S/C31H34N8O4S2/c1-20(2)30-37-28(21-5-4-6-22(17-21)38-45(40,41)24-8-10-27(42-3)34-19-24)29(44-30)25-11-12-32-31(36-25)35-23-7-9-26(33-18-23)39-13-15-43-16-14-39/h4-12,17-20,38,40-41H,13-16H2,1-3H3,(H,32,35,36). The first kappa shape index (κ1) is 30.7. The van der Waals surface area contributed by atoms with Crippen LogP contribution >= 0.6 is 22.1 Å². The highest BCUT2D eigenvalue weighted by atomic mass is 32.3. The number of hydrogen-bond donors (Lipinski definition) is 4. The summed E-state index contributed by atoms with van der Waals surface area (Å²) in [6.45, 7) is 7.25. The fourth-order valence-electron chi connectivity index (χ4n) is 4.68. The van der Waals surface area contributed by atoms with Gasteiger partial charge >= 0.3 is 0 Å². The molecule has 12 nitrogen and oxygen atoms in total.